The smallest absolute Gasteiger partial charge is 0.254 e. The highest BCUT2D eigenvalue weighted by molar-refractivity contribution is 6.06. The van der Waals surface area contributed by atoms with E-state index in [4.69, 9.17) is 0 Å². The van der Waals surface area contributed by atoms with E-state index in [-0.39, 0.29) is 11.8 Å². The van der Waals surface area contributed by atoms with E-state index in [1.165, 1.54) is 0 Å². The molecular formula is C21H25N3O3. The Balaban J connectivity index is 2.07. The van der Waals surface area contributed by atoms with Gasteiger partial charge in [0.15, 0.2) is 0 Å². The van der Waals surface area contributed by atoms with Crippen molar-refractivity contribution in [2.45, 2.75) is 33.7 Å². The number of amides is 3. The third kappa shape index (κ3) is 5.67. The maximum absolute atomic E-state index is 12.6. The molecule has 3 N–H and O–H groups in total. The minimum absolute atomic E-state index is 0.197. The Bertz CT molecular complexity index is 826. The SMILES string of the molecule is C[C@@H](NC(=O)c1ccccc1NC(=O)C(C)(C)C)C(=O)Nc1ccccc1. The maximum atomic E-state index is 12.6. The number of rotatable bonds is 5. The summed E-state index contributed by atoms with van der Waals surface area (Å²) >= 11 is 0. The molecule has 6 heteroatoms. The molecule has 0 radical (unpaired) electrons. The fraction of sp³-hybridized carbons (Fsp3) is 0.286. The summed E-state index contributed by atoms with van der Waals surface area (Å²) in [6, 6.07) is 15.0. The Kier molecular flexibility index (Phi) is 6.34. The van der Waals surface area contributed by atoms with Gasteiger partial charge in [-0.3, -0.25) is 14.4 Å². The van der Waals surface area contributed by atoms with Crippen LogP contribution in [-0.4, -0.2) is 23.8 Å². The summed E-state index contributed by atoms with van der Waals surface area (Å²) in [6.45, 7) is 6.98. The van der Waals surface area contributed by atoms with Crippen molar-refractivity contribution in [2.24, 2.45) is 5.41 Å². The van der Waals surface area contributed by atoms with Gasteiger partial charge in [-0.15, -0.1) is 0 Å². The molecule has 0 fully saturated rings. The first-order valence-corrected chi connectivity index (χ1v) is 8.76. The average Bonchev–Trinajstić information content (AvgIpc) is 2.62. The Morgan fingerprint density at radius 1 is 0.852 bits per heavy atom. The summed E-state index contributed by atoms with van der Waals surface area (Å²) < 4.78 is 0. The monoisotopic (exact) mass is 367 g/mol. The molecule has 0 aliphatic heterocycles. The minimum atomic E-state index is -0.746. The van der Waals surface area contributed by atoms with Gasteiger partial charge in [-0.2, -0.15) is 0 Å². The van der Waals surface area contributed by atoms with Crippen LogP contribution in [0.15, 0.2) is 54.6 Å². The molecule has 0 bridgehead atoms. The third-order valence-corrected chi connectivity index (χ3v) is 3.88. The van der Waals surface area contributed by atoms with Gasteiger partial charge in [0.05, 0.1) is 11.3 Å². The first kappa shape index (κ1) is 20.2. The summed E-state index contributed by atoms with van der Waals surface area (Å²) in [6.07, 6.45) is 0. The van der Waals surface area contributed by atoms with Crippen molar-refractivity contribution in [3.8, 4) is 0 Å². The van der Waals surface area contributed by atoms with Crippen molar-refractivity contribution in [3.63, 3.8) is 0 Å². The minimum Gasteiger partial charge on any atom is -0.340 e. The Morgan fingerprint density at radius 2 is 1.44 bits per heavy atom. The van der Waals surface area contributed by atoms with Gasteiger partial charge in [-0.05, 0) is 31.2 Å². The van der Waals surface area contributed by atoms with Crippen LogP contribution in [0, 0.1) is 5.41 Å². The molecule has 2 aromatic rings. The van der Waals surface area contributed by atoms with Crippen molar-refractivity contribution >= 4 is 29.1 Å². The number of carbonyl (C=O) groups excluding carboxylic acids is 3. The molecule has 1 atom stereocenters. The van der Waals surface area contributed by atoms with Crippen LogP contribution in [0.5, 0.6) is 0 Å². The zero-order valence-electron chi connectivity index (χ0n) is 16.0. The molecule has 2 aromatic carbocycles. The predicted octanol–water partition coefficient (Wildman–Crippen LogP) is 3.43. The third-order valence-electron chi connectivity index (χ3n) is 3.88. The van der Waals surface area contributed by atoms with Crippen LogP contribution in [0.4, 0.5) is 11.4 Å². The van der Waals surface area contributed by atoms with Gasteiger partial charge in [-0.25, -0.2) is 0 Å². The van der Waals surface area contributed by atoms with Crippen molar-refractivity contribution in [1.82, 2.24) is 5.32 Å². The van der Waals surface area contributed by atoms with E-state index in [0.29, 0.717) is 16.9 Å². The molecule has 0 saturated carbocycles. The fourth-order valence-corrected chi connectivity index (χ4v) is 2.21. The van der Waals surface area contributed by atoms with Gasteiger partial charge in [0.1, 0.15) is 6.04 Å². The van der Waals surface area contributed by atoms with Crippen molar-refractivity contribution < 1.29 is 14.4 Å². The van der Waals surface area contributed by atoms with Crippen molar-refractivity contribution in [3.05, 3.63) is 60.2 Å². The number of hydrogen-bond donors (Lipinski definition) is 3. The lowest BCUT2D eigenvalue weighted by atomic mass is 9.95. The van der Waals surface area contributed by atoms with Gasteiger partial charge in [-0.1, -0.05) is 51.1 Å². The topological polar surface area (TPSA) is 87.3 Å². The summed E-state index contributed by atoms with van der Waals surface area (Å²) in [5.41, 5.74) is 0.772. The van der Waals surface area contributed by atoms with Gasteiger partial charge >= 0.3 is 0 Å². The second-order valence-corrected chi connectivity index (χ2v) is 7.30. The number of benzene rings is 2. The molecule has 27 heavy (non-hydrogen) atoms. The highest BCUT2D eigenvalue weighted by atomic mass is 16.2. The normalized spacial score (nSPS) is 12.0. The van der Waals surface area contributed by atoms with Gasteiger partial charge in [0.25, 0.3) is 5.91 Å². The maximum Gasteiger partial charge on any atom is 0.254 e. The lowest BCUT2D eigenvalue weighted by Crippen LogP contribution is -2.42. The van der Waals surface area contributed by atoms with Gasteiger partial charge in [0.2, 0.25) is 11.8 Å². The van der Waals surface area contributed by atoms with Crippen LogP contribution in [0.3, 0.4) is 0 Å². The van der Waals surface area contributed by atoms with E-state index in [1.807, 2.05) is 18.2 Å². The van der Waals surface area contributed by atoms with E-state index >= 15 is 0 Å². The first-order chi connectivity index (χ1) is 12.7. The van der Waals surface area contributed by atoms with Gasteiger partial charge < -0.3 is 16.0 Å². The Hall–Kier alpha value is -3.15. The molecule has 0 unspecified atom stereocenters. The lowest BCUT2D eigenvalue weighted by molar-refractivity contribution is -0.123. The summed E-state index contributed by atoms with van der Waals surface area (Å²) in [7, 11) is 0. The molecular weight excluding hydrogens is 342 g/mol. The summed E-state index contributed by atoms with van der Waals surface area (Å²) in [5.74, 6) is -0.959. The lowest BCUT2D eigenvalue weighted by Gasteiger charge is -2.20. The second-order valence-electron chi connectivity index (χ2n) is 7.30. The van der Waals surface area contributed by atoms with E-state index in [9.17, 15) is 14.4 Å². The Morgan fingerprint density at radius 3 is 2.07 bits per heavy atom. The molecule has 0 aliphatic rings. The quantitative estimate of drug-likeness (QED) is 0.757. The Labute approximate surface area is 159 Å². The average molecular weight is 367 g/mol. The van der Waals surface area contributed by atoms with Crippen LogP contribution in [0.1, 0.15) is 38.1 Å². The molecule has 142 valence electrons. The molecule has 0 heterocycles. The zero-order valence-corrected chi connectivity index (χ0v) is 16.0. The van der Waals surface area contributed by atoms with Crippen LogP contribution in [0.2, 0.25) is 0 Å². The summed E-state index contributed by atoms with van der Waals surface area (Å²) in [4.78, 5) is 37.1. The molecule has 0 aromatic heterocycles. The van der Waals surface area contributed by atoms with E-state index < -0.39 is 17.4 Å². The molecule has 2 rings (SSSR count). The van der Waals surface area contributed by atoms with Crippen molar-refractivity contribution in [2.75, 3.05) is 10.6 Å². The van der Waals surface area contributed by atoms with E-state index in [0.717, 1.165) is 0 Å². The number of carbonyl (C=O) groups is 3. The largest absolute Gasteiger partial charge is 0.340 e. The van der Waals surface area contributed by atoms with Crippen molar-refractivity contribution in [1.29, 1.82) is 0 Å². The fourth-order valence-electron chi connectivity index (χ4n) is 2.21. The predicted molar refractivity (Wildman–Crippen MR) is 107 cm³/mol. The number of nitrogens with one attached hydrogen (secondary N) is 3. The molecule has 0 saturated heterocycles. The standard InChI is InChI=1S/C21H25N3O3/c1-14(18(25)23-15-10-6-5-7-11-15)22-19(26)16-12-8-9-13-17(16)24-20(27)21(2,3)4/h5-14H,1-4H3,(H,22,26)(H,23,25)(H,24,27)/t14-/m1/s1. The number of anilines is 2. The second kappa shape index (κ2) is 8.49. The van der Waals surface area contributed by atoms with Crippen LogP contribution in [-0.2, 0) is 9.59 Å². The van der Waals surface area contributed by atoms with Crippen LogP contribution >= 0.6 is 0 Å². The first-order valence-electron chi connectivity index (χ1n) is 8.76. The van der Waals surface area contributed by atoms with E-state index in [1.54, 1.807) is 64.1 Å². The van der Waals surface area contributed by atoms with Crippen LogP contribution in [0.25, 0.3) is 0 Å². The van der Waals surface area contributed by atoms with Gasteiger partial charge in [0, 0.05) is 11.1 Å². The highest BCUT2D eigenvalue weighted by Gasteiger charge is 2.24. The molecule has 0 spiro atoms. The molecule has 3 amide bonds. The van der Waals surface area contributed by atoms with Crippen LogP contribution < -0.4 is 16.0 Å². The highest BCUT2D eigenvalue weighted by Crippen LogP contribution is 2.20. The number of hydrogen-bond acceptors (Lipinski definition) is 3. The molecule has 6 nitrogen and oxygen atoms in total. The summed E-state index contributed by atoms with van der Waals surface area (Å²) in [5, 5.41) is 8.18. The van der Waals surface area contributed by atoms with E-state index in [2.05, 4.69) is 16.0 Å². The zero-order chi connectivity index (χ0) is 20.0. The number of para-hydroxylation sites is 2. The molecule has 0 aliphatic carbocycles.